The third-order valence-electron chi connectivity index (χ3n) is 3.11. The summed E-state index contributed by atoms with van der Waals surface area (Å²) in [6.45, 7) is 0. The molecule has 10 heteroatoms. The van der Waals surface area contributed by atoms with Gasteiger partial charge in [0.25, 0.3) is 10.0 Å². The molecule has 0 aliphatic rings. The van der Waals surface area contributed by atoms with Crippen LogP contribution >= 0.6 is 0 Å². The minimum atomic E-state index is -4.41. The molecule has 0 fully saturated rings. The van der Waals surface area contributed by atoms with Crippen molar-refractivity contribution in [3.8, 4) is 0 Å². The number of nitrogens with zero attached hydrogens (tertiary/aromatic N) is 1. The lowest BCUT2D eigenvalue weighted by Crippen LogP contribution is -2.19. The smallest absolute Gasteiger partial charge is 0.339 e. The van der Waals surface area contributed by atoms with E-state index in [0.29, 0.717) is 0 Å². The Bertz CT molecular complexity index is 929. The number of methoxy groups -OCH3 is 2. The average Bonchev–Trinajstić information content (AvgIpc) is 2.61. The zero-order valence-corrected chi connectivity index (χ0v) is 14.0. The van der Waals surface area contributed by atoms with Gasteiger partial charge in [0.05, 0.1) is 37.2 Å². The van der Waals surface area contributed by atoms with Crippen LogP contribution in [0.4, 0.5) is 10.1 Å². The third-order valence-corrected chi connectivity index (χ3v) is 4.52. The molecule has 0 saturated heterocycles. The standard InChI is InChI=1S/C15H13FN2O6S/c1-23-14(19)9-3-4-10(15(20)24-2)13(7-9)25(21,22)18-12-5-6-17-8-11(12)16/h3-8H,1-2H3,(H,17,18). The largest absolute Gasteiger partial charge is 0.465 e. The van der Waals surface area contributed by atoms with Gasteiger partial charge in [0.15, 0.2) is 5.82 Å². The van der Waals surface area contributed by atoms with Gasteiger partial charge in [0.1, 0.15) is 4.90 Å². The average molecular weight is 368 g/mol. The van der Waals surface area contributed by atoms with E-state index < -0.39 is 32.7 Å². The zero-order chi connectivity index (χ0) is 18.6. The number of carbonyl (C=O) groups is 2. The van der Waals surface area contributed by atoms with Gasteiger partial charge in [0.2, 0.25) is 0 Å². The van der Waals surface area contributed by atoms with Crippen LogP contribution in [0, 0.1) is 5.82 Å². The number of pyridine rings is 1. The molecule has 0 amide bonds. The van der Waals surface area contributed by atoms with Gasteiger partial charge in [0, 0.05) is 6.20 Å². The van der Waals surface area contributed by atoms with Crippen LogP contribution in [-0.4, -0.2) is 39.6 Å². The fourth-order valence-electron chi connectivity index (χ4n) is 1.93. The van der Waals surface area contributed by atoms with Gasteiger partial charge in [-0.25, -0.2) is 22.4 Å². The van der Waals surface area contributed by atoms with E-state index in [1.807, 2.05) is 4.72 Å². The Morgan fingerprint density at radius 1 is 1.12 bits per heavy atom. The van der Waals surface area contributed by atoms with Crippen molar-refractivity contribution in [3.63, 3.8) is 0 Å². The number of benzene rings is 1. The van der Waals surface area contributed by atoms with Crippen molar-refractivity contribution in [1.82, 2.24) is 4.98 Å². The molecule has 1 heterocycles. The first-order valence-corrected chi connectivity index (χ1v) is 8.21. The number of halogens is 1. The summed E-state index contributed by atoms with van der Waals surface area (Å²) >= 11 is 0. The predicted octanol–water partition coefficient (Wildman–Crippen LogP) is 1.59. The molecule has 2 aromatic rings. The van der Waals surface area contributed by atoms with E-state index >= 15 is 0 Å². The lowest BCUT2D eigenvalue weighted by Gasteiger charge is -2.12. The van der Waals surface area contributed by atoms with Crippen molar-refractivity contribution in [2.24, 2.45) is 0 Å². The number of sulfonamides is 1. The Balaban J connectivity index is 2.58. The number of carbonyl (C=O) groups excluding carboxylic acids is 2. The fourth-order valence-corrected chi connectivity index (χ4v) is 3.21. The molecule has 0 atom stereocenters. The summed E-state index contributed by atoms with van der Waals surface area (Å²) in [5, 5.41) is 0. The molecule has 25 heavy (non-hydrogen) atoms. The van der Waals surface area contributed by atoms with E-state index in [0.717, 1.165) is 38.6 Å². The fraction of sp³-hybridized carbons (Fsp3) is 0.133. The van der Waals surface area contributed by atoms with Crippen LogP contribution in [0.15, 0.2) is 41.6 Å². The van der Waals surface area contributed by atoms with Gasteiger partial charge in [-0.05, 0) is 24.3 Å². The molecule has 1 aromatic heterocycles. The highest BCUT2D eigenvalue weighted by Gasteiger charge is 2.26. The molecule has 0 spiro atoms. The predicted molar refractivity (Wildman–Crippen MR) is 84.1 cm³/mol. The van der Waals surface area contributed by atoms with Crippen molar-refractivity contribution < 1.29 is 31.9 Å². The lowest BCUT2D eigenvalue weighted by molar-refractivity contribution is 0.0583. The van der Waals surface area contributed by atoms with Crippen LogP contribution in [-0.2, 0) is 19.5 Å². The van der Waals surface area contributed by atoms with Gasteiger partial charge in [-0.3, -0.25) is 9.71 Å². The lowest BCUT2D eigenvalue weighted by atomic mass is 10.1. The second kappa shape index (κ2) is 7.26. The van der Waals surface area contributed by atoms with E-state index in [2.05, 4.69) is 14.5 Å². The van der Waals surface area contributed by atoms with E-state index in [4.69, 9.17) is 0 Å². The highest BCUT2D eigenvalue weighted by Crippen LogP contribution is 2.23. The van der Waals surface area contributed by atoms with Crippen LogP contribution < -0.4 is 4.72 Å². The molecule has 0 aliphatic heterocycles. The number of aromatic nitrogens is 1. The van der Waals surface area contributed by atoms with Gasteiger partial charge in [-0.1, -0.05) is 0 Å². The summed E-state index contributed by atoms with van der Waals surface area (Å²) in [6, 6.07) is 4.37. The Morgan fingerprint density at radius 2 is 1.80 bits per heavy atom. The Morgan fingerprint density at radius 3 is 2.40 bits per heavy atom. The second-order valence-corrected chi connectivity index (χ2v) is 6.31. The first kappa shape index (κ1) is 18.3. The molecule has 0 bridgehead atoms. The summed E-state index contributed by atoms with van der Waals surface area (Å²) in [7, 11) is -2.22. The summed E-state index contributed by atoms with van der Waals surface area (Å²) in [5.41, 5.74) is -0.794. The Kier molecular flexibility index (Phi) is 5.32. The van der Waals surface area contributed by atoms with Gasteiger partial charge in [-0.15, -0.1) is 0 Å². The van der Waals surface area contributed by atoms with Gasteiger partial charge in [-0.2, -0.15) is 0 Å². The topological polar surface area (TPSA) is 112 Å². The maximum Gasteiger partial charge on any atom is 0.339 e. The number of hydrogen-bond acceptors (Lipinski definition) is 7. The summed E-state index contributed by atoms with van der Waals surface area (Å²) in [4.78, 5) is 26.4. The summed E-state index contributed by atoms with van der Waals surface area (Å²) < 4.78 is 49.9. The van der Waals surface area contributed by atoms with E-state index in [-0.39, 0.29) is 16.8 Å². The number of ether oxygens (including phenoxy) is 2. The van der Waals surface area contributed by atoms with Crippen LogP contribution in [0.25, 0.3) is 0 Å². The molecule has 1 N–H and O–H groups in total. The number of rotatable bonds is 5. The van der Waals surface area contributed by atoms with Crippen molar-refractivity contribution in [3.05, 3.63) is 53.6 Å². The number of nitrogens with one attached hydrogen (secondary N) is 1. The molecular formula is C15H13FN2O6S. The molecule has 0 aliphatic carbocycles. The molecule has 0 saturated carbocycles. The first-order valence-electron chi connectivity index (χ1n) is 6.73. The van der Waals surface area contributed by atoms with Crippen LogP contribution in [0.5, 0.6) is 0 Å². The maximum absolute atomic E-state index is 13.7. The zero-order valence-electron chi connectivity index (χ0n) is 13.1. The van der Waals surface area contributed by atoms with E-state index in [9.17, 15) is 22.4 Å². The maximum atomic E-state index is 13.7. The Labute approximate surface area is 142 Å². The normalized spacial score (nSPS) is 10.8. The summed E-state index contributed by atoms with van der Waals surface area (Å²) in [5.74, 6) is -2.65. The second-order valence-electron chi connectivity index (χ2n) is 4.66. The van der Waals surface area contributed by atoms with E-state index in [1.165, 1.54) is 12.3 Å². The van der Waals surface area contributed by atoms with Crippen LogP contribution in [0.3, 0.4) is 0 Å². The van der Waals surface area contributed by atoms with Crippen LogP contribution in [0.2, 0.25) is 0 Å². The highest BCUT2D eigenvalue weighted by atomic mass is 32.2. The molecule has 132 valence electrons. The molecule has 1 aromatic carbocycles. The van der Waals surface area contributed by atoms with Gasteiger partial charge < -0.3 is 9.47 Å². The first-order chi connectivity index (χ1) is 11.8. The third kappa shape index (κ3) is 3.91. The molecular weight excluding hydrogens is 355 g/mol. The molecule has 8 nitrogen and oxygen atoms in total. The van der Waals surface area contributed by atoms with Crippen molar-refractivity contribution in [1.29, 1.82) is 0 Å². The minimum Gasteiger partial charge on any atom is -0.465 e. The molecule has 0 radical (unpaired) electrons. The minimum absolute atomic E-state index is 0.106. The highest BCUT2D eigenvalue weighted by molar-refractivity contribution is 7.92. The molecule has 0 unspecified atom stereocenters. The summed E-state index contributed by atoms with van der Waals surface area (Å²) in [6.07, 6.45) is 2.01. The Hall–Kier alpha value is -3.01. The monoisotopic (exact) mass is 368 g/mol. The van der Waals surface area contributed by atoms with Crippen molar-refractivity contribution in [2.45, 2.75) is 4.90 Å². The van der Waals surface area contributed by atoms with E-state index in [1.54, 1.807) is 0 Å². The number of esters is 2. The quantitative estimate of drug-likeness (QED) is 0.798. The van der Waals surface area contributed by atoms with Crippen molar-refractivity contribution in [2.75, 3.05) is 18.9 Å². The number of anilines is 1. The van der Waals surface area contributed by atoms with Crippen molar-refractivity contribution >= 4 is 27.6 Å². The SMILES string of the molecule is COC(=O)c1ccc(C(=O)OC)c(S(=O)(=O)Nc2ccncc2F)c1. The molecule has 2 rings (SSSR count). The van der Waals surface area contributed by atoms with Crippen LogP contribution in [0.1, 0.15) is 20.7 Å². The van der Waals surface area contributed by atoms with Gasteiger partial charge >= 0.3 is 11.9 Å². The number of hydrogen-bond donors (Lipinski definition) is 1.